The lowest BCUT2D eigenvalue weighted by atomic mass is 9.89. The summed E-state index contributed by atoms with van der Waals surface area (Å²) in [7, 11) is 0. The maximum Gasteiger partial charge on any atom is 0.146 e. The molecule has 0 aliphatic carbocycles. The summed E-state index contributed by atoms with van der Waals surface area (Å²) in [6, 6.07) is 5.27. The van der Waals surface area contributed by atoms with E-state index in [0.29, 0.717) is 11.5 Å². The monoisotopic (exact) mass is 285 g/mol. The molecule has 1 aliphatic heterocycles. The average Bonchev–Trinajstić information content (AvgIpc) is 2.43. The molecule has 1 saturated heterocycles. The number of rotatable bonds is 5. The Hall–Kier alpha value is -0.640. The van der Waals surface area contributed by atoms with Crippen LogP contribution in [0.25, 0.3) is 0 Å². The fourth-order valence-electron chi connectivity index (χ4n) is 2.67. The number of hydrogen-bond acceptors (Lipinski definition) is 2. The van der Waals surface area contributed by atoms with Crippen molar-refractivity contribution in [3.05, 3.63) is 34.6 Å². The number of benzene rings is 1. The third-order valence-corrected chi connectivity index (χ3v) is 4.01. The number of halogens is 2. The zero-order valence-corrected chi connectivity index (χ0v) is 12.0. The second-order valence-electron chi connectivity index (χ2n) is 5.04. The van der Waals surface area contributed by atoms with Crippen LogP contribution in [-0.2, 0) is 4.74 Å². The fraction of sp³-hybridized carbons (Fsp3) is 0.600. The smallest absolute Gasteiger partial charge is 0.146 e. The summed E-state index contributed by atoms with van der Waals surface area (Å²) in [5, 5.41) is 3.58. The van der Waals surface area contributed by atoms with Crippen molar-refractivity contribution in [2.75, 3.05) is 19.8 Å². The van der Waals surface area contributed by atoms with Crippen LogP contribution in [0.1, 0.15) is 37.8 Å². The predicted octanol–water partition coefficient (Wildman–Crippen LogP) is 3.95. The fourth-order valence-corrected chi connectivity index (χ4v) is 2.85. The maximum atomic E-state index is 14.1. The first kappa shape index (κ1) is 14.8. The van der Waals surface area contributed by atoms with E-state index in [1.54, 1.807) is 6.07 Å². The molecule has 0 saturated carbocycles. The van der Waals surface area contributed by atoms with Crippen LogP contribution in [0.15, 0.2) is 18.2 Å². The summed E-state index contributed by atoms with van der Waals surface area (Å²) < 4.78 is 19.5. The van der Waals surface area contributed by atoms with Crippen molar-refractivity contribution in [1.82, 2.24) is 5.32 Å². The van der Waals surface area contributed by atoms with E-state index < -0.39 is 0 Å². The molecule has 1 aromatic carbocycles. The van der Waals surface area contributed by atoms with Crippen LogP contribution in [0.5, 0.6) is 0 Å². The first-order chi connectivity index (χ1) is 9.22. The highest BCUT2D eigenvalue weighted by Crippen LogP contribution is 2.31. The molecular weight excluding hydrogens is 265 g/mol. The van der Waals surface area contributed by atoms with E-state index in [9.17, 15) is 4.39 Å². The predicted molar refractivity (Wildman–Crippen MR) is 76.0 cm³/mol. The van der Waals surface area contributed by atoms with Gasteiger partial charge in [0.1, 0.15) is 5.82 Å². The lowest BCUT2D eigenvalue weighted by Gasteiger charge is -2.27. The summed E-state index contributed by atoms with van der Waals surface area (Å²) >= 11 is 5.88. The highest BCUT2D eigenvalue weighted by molar-refractivity contribution is 6.30. The molecule has 19 heavy (non-hydrogen) atoms. The van der Waals surface area contributed by atoms with Crippen LogP contribution in [0, 0.1) is 11.7 Å². The van der Waals surface area contributed by atoms with Crippen LogP contribution in [0.2, 0.25) is 5.02 Å². The molecule has 0 aromatic heterocycles. The van der Waals surface area contributed by atoms with Gasteiger partial charge in [-0.3, -0.25) is 0 Å². The Balaban J connectivity index is 2.11. The van der Waals surface area contributed by atoms with Crippen LogP contribution < -0.4 is 5.32 Å². The molecule has 0 spiro atoms. The Bertz CT molecular complexity index is 407. The van der Waals surface area contributed by atoms with Crippen LogP contribution in [0.3, 0.4) is 0 Å². The molecule has 1 heterocycles. The maximum absolute atomic E-state index is 14.1. The SMILES string of the molecule is CCNC(CC1CCOCC1)c1cccc(Cl)c1F. The van der Waals surface area contributed by atoms with Gasteiger partial charge in [-0.1, -0.05) is 30.7 Å². The van der Waals surface area contributed by atoms with Gasteiger partial charge in [0, 0.05) is 24.8 Å². The Labute approximate surface area is 119 Å². The minimum absolute atomic E-state index is 0.0341. The van der Waals surface area contributed by atoms with E-state index in [0.717, 1.165) is 39.0 Å². The van der Waals surface area contributed by atoms with Gasteiger partial charge in [0.05, 0.1) is 5.02 Å². The standard InChI is InChI=1S/C15H21ClFNO/c1-2-18-14(10-11-6-8-19-9-7-11)12-4-3-5-13(16)15(12)17/h3-5,11,14,18H,2,6-10H2,1H3. The van der Waals surface area contributed by atoms with Gasteiger partial charge in [0.15, 0.2) is 0 Å². The van der Waals surface area contributed by atoms with Crippen LogP contribution in [-0.4, -0.2) is 19.8 Å². The normalized spacial score (nSPS) is 18.5. The quantitative estimate of drug-likeness (QED) is 0.884. The summed E-state index contributed by atoms with van der Waals surface area (Å²) in [4.78, 5) is 0. The second kappa shape index (κ2) is 7.22. The minimum atomic E-state index is -0.290. The molecule has 2 nitrogen and oxygen atoms in total. The molecule has 0 bridgehead atoms. The molecule has 1 aliphatic rings. The van der Waals surface area contributed by atoms with Crippen molar-refractivity contribution in [3.8, 4) is 0 Å². The molecule has 106 valence electrons. The number of ether oxygens (including phenoxy) is 1. The molecule has 1 atom stereocenters. The van der Waals surface area contributed by atoms with Gasteiger partial charge in [-0.15, -0.1) is 0 Å². The van der Waals surface area contributed by atoms with Gasteiger partial charge in [-0.05, 0) is 37.8 Å². The topological polar surface area (TPSA) is 21.3 Å². The van der Waals surface area contributed by atoms with Gasteiger partial charge >= 0.3 is 0 Å². The average molecular weight is 286 g/mol. The van der Waals surface area contributed by atoms with Crippen LogP contribution >= 0.6 is 11.6 Å². The second-order valence-corrected chi connectivity index (χ2v) is 5.45. The minimum Gasteiger partial charge on any atom is -0.381 e. The van der Waals surface area contributed by atoms with E-state index in [-0.39, 0.29) is 16.9 Å². The largest absolute Gasteiger partial charge is 0.381 e. The van der Waals surface area contributed by atoms with Gasteiger partial charge in [0.2, 0.25) is 0 Å². The summed E-state index contributed by atoms with van der Waals surface area (Å²) in [6.45, 7) is 4.50. The molecule has 4 heteroatoms. The molecule has 0 amide bonds. The van der Waals surface area contributed by atoms with Gasteiger partial charge in [-0.25, -0.2) is 4.39 Å². The first-order valence-corrected chi connectivity index (χ1v) is 7.35. The summed E-state index contributed by atoms with van der Waals surface area (Å²) in [5.41, 5.74) is 0.681. The van der Waals surface area contributed by atoms with Gasteiger partial charge in [-0.2, -0.15) is 0 Å². The lowest BCUT2D eigenvalue weighted by molar-refractivity contribution is 0.0604. The molecule has 1 unspecified atom stereocenters. The Morgan fingerprint density at radius 3 is 2.84 bits per heavy atom. The van der Waals surface area contributed by atoms with Crippen LogP contribution in [0.4, 0.5) is 4.39 Å². The highest BCUT2D eigenvalue weighted by Gasteiger charge is 2.22. The van der Waals surface area contributed by atoms with E-state index in [1.807, 2.05) is 19.1 Å². The zero-order valence-electron chi connectivity index (χ0n) is 11.3. The highest BCUT2D eigenvalue weighted by atomic mass is 35.5. The van der Waals surface area contributed by atoms with E-state index >= 15 is 0 Å². The number of hydrogen-bond donors (Lipinski definition) is 1. The van der Waals surface area contributed by atoms with Gasteiger partial charge in [0.25, 0.3) is 0 Å². The summed E-state index contributed by atoms with van der Waals surface area (Å²) in [5.74, 6) is 0.304. The molecule has 1 fully saturated rings. The molecule has 1 aromatic rings. The van der Waals surface area contributed by atoms with Crippen molar-refractivity contribution in [2.45, 2.75) is 32.2 Å². The van der Waals surface area contributed by atoms with E-state index in [1.165, 1.54) is 0 Å². The third-order valence-electron chi connectivity index (χ3n) is 3.72. The van der Waals surface area contributed by atoms with Crippen molar-refractivity contribution < 1.29 is 9.13 Å². The van der Waals surface area contributed by atoms with Crippen molar-refractivity contribution in [3.63, 3.8) is 0 Å². The molecule has 0 radical (unpaired) electrons. The molecular formula is C15H21ClFNO. The Kier molecular flexibility index (Phi) is 5.61. The van der Waals surface area contributed by atoms with Crippen molar-refractivity contribution in [2.24, 2.45) is 5.92 Å². The number of nitrogens with one attached hydrogen (secondary N) is 1. The van der Waals surface area contributed by atoms with E-state index in [4.69, 9.17) is 16.3 Å². The Morgan fingerprint density at radius 1 is 1.42 bits per heavy atom. The zero-order chi connectivity index (χ0) is 13.7. The van der Waals surface area contributed by atoms with Crippen molar-refractivity contribution >= 4 is 11.6 Å². The Morgan fingerprint density at radius 2 is 2.16 bits per heavy atom. The van der Waals surface area contributed by atoms with E-state index in [2.05, 4.69) is 5.32 Å². The third kappa shape index (κ3) is 3.91. The molecule has 2 rings (SSSR count). The molecule has 1 N–H and O–H groups in total. The van der Waals surface area contributed by atoms with Crippen molar-refractivity contribution in [1.29, 1.82) is 0 Å². The first-order valence-electron chi connectivity index (χ1n) is 6.97. The lowest BCUT2D eigenvalue weighted by Crippen LogP contribution is -2.27. The van der Waals surface area contributed by atoms with Gasteiger partial charge < -0.3 is 10.1 Å². The summed E-state index contributed by atoms with van der Waals surface area (Å²) in [6.07, 6.45) is 3.06.